The first-order valence-electron chi connectivity index (χ1n) is 8.77. The van der Waals surface area contributed by atoms with Crippen molar-refractivity contribution in [2.75, 3.05) is 32.1 Å². The molecule has 0 atom stereocenters. The molecule has 1 aromatic heterocycles. The van der Waals surface area contributed by atoms with Crippen molar-refractivity contribution in [3.05, 3.63) is 45.7 Å². The summed E-state index contributed by atoms with van der Waals surface area (Å²) < 4.78 is 6.24. The number of benzene rings is 1. The second-order valence-corrected chi connectivity index (χ2v) is 8.03. The number of nitrogens with zero attached hydrogens (tertiary/aromatic N) is 2. The van der Waals surface area contributed by atoms with Crippen LogP contribution in [0.2, 0.25) is 0 Å². The van der Waals surface area contributed by atoms with Crippen LogP contribution in [0, 0.1) is 0 Å². The Balaban J connectivity index is 0.00000261. The average Bonchev–Trinajstić information content (AvgIpc) is 3.20. The van der Waals surface area contributed by atoms with Crippen LogP contribution in [0.1, 0.15) is 18.4 Å². The maximum atomic E-state index is 5.28. The summed E-state index contributed by atoms with van der Waals surface area (Å²) in [6, 6.07) is 10.9. The molecule has 2 aromatic rings. The molecule has 2 N–H and O–H groups in total. The van der Waals surface area contributed by atoms with Gasteiger partial charge in [-0.15, -0.1) is 35.3 Å². The van der Waals surface area contributed by atoms with Crippen LogP contribution >= 0.6 is 51.2 Å². The van der Waals surface area contributed by atoms with Crippen molar-refractivity contribution in [3.8, 4) is 5.75 Å². The number of halogens is 2. The smallest absolute Gasteiger partial charge is 0.191 e. The van der Waals surface area contributed by atoms with E-state index in [4.69, 9.17) is 4.74 Å². The Morgan fingerprint density at radius 1 is 1.33 bits per heavy atom. The van der Waals surface area contributed by atoms with E-state index >= 15 is 0 Å². The Bertz CT molecular complexity index is 733. The van der Waals surface area contributed by atoms with Crippen molar-refractivity contribution in [1.82, 2.24) is 10.6 Å². The molecule has 0 unspecified atom stereocenters. The molecule has 27 heavy (non-hydrogen) atoms. The van der Waals surface area contributed by atoms with Gasteiger partial charge in [-0.3, -0.25) is 4.99 Å². The predicted molar refractivity (Wildman–Crippen MR) is 129 cm³/mol. The van der Waals surface area contributed by atoms with E-state index in [-0.39, 0.29) is 24.0 Å². The number of rotatable bonds is 5. The van der Waals surface area contributed by atoms with Crippen molar-refractivity contribution in [3.63, 3.8) is 0 Å². The van der Waals surface area contributed by atoms with Crippen LogP contribution in [0.3, 0.4) is 0 Å². The number of guanidine groups is 1. The van der Waals surface area contributed by atoms with E-state index in [2.05, 4.69) is 66.1 Å². The molecule has 8 heteroatoms. The number of thiophene rings is 1. The lowest BCUT2D eigenvalue weighted by molar-refractivity contribution is 0.412. The number of nitrogens with one attached hydrogen (secondary N) is 2. The van der Waals surface area contributed by atoms with E-state index < -0.39 is 0 Å². The third-order valence-corrected chi connectivity index (χ3v) is 6.10. The zero-order chi connectivity index (χ0) is 18.4. The lowest BCUT2D eigenvalue weighted by Gasteiger charge is -2.33. The summed E-state index contributed by atoms with van der Waals surface area (Å²) in [6.45, 7) is 2.89. The first-order chi connectivity index (χ1) is 12.7. The Hall–Kier alpha value is -1.000. The predicted octanol–water partition coefficient (Wildman–Crippen LogP) is 4.47. The minimum absolute atomic E-state index is 0. The molecule has 1 aliphatic heterocycles. The van der Waals surface area contributed by atoms with Gasteiger partial charge >= 0.3 is 0 Å². The molecular formula is C19H26BrIN4OS. The van der Waals surface area contributed by atoms with E-state index in [1.54, 1.807) is 7.11 Å². The molecule has 1 aliphatic rings. The quantitative estimate of drug-likeness (QED) is 0.319. The van der Waals surface area contributed by atoms with Crippen LogP contribution in [0.4, 0.5) is 5.00 Å². The van der Waals surface area contributed by atoms with Crippen molar-refractivity contribution >= 4 is 62.2 Å². The van der Waals surface area contributed by atoms with Gasteiger partial charge in [0, 0.05) is 32.7 Å². The van der Waals surface area contributed by atoms with Crippen molar-refractivity contribution in [1.29, 1.82) is 0 Å². The van der Waals surface area contributed by atoms with Gasteiger partial charge in [0.25, 0.3) is 0 Å². The first-order valence-corrected chi connectivity index (χ1v) is 10.4. The molecule has 0 spiro atoms. The van der Waals surface area contributed by atoms with Gasteiger partial charge in [-0.05, 0) is 64.0 Å². The Labute approximate surface area is 190 Å². The number of aliphatic imine (C=N–C) groups is 1. The lowest BCUT2D eigenvalue weighted by atomic mass is 10.1. The summed E-state index contributed by atoms with van der Waals surface area (Å²) in [5.74, 6) is 1.69. The highest BCUT2D eigenvalue weighted by Crippen LogP contribution is 2.26. The zero-order valence-electron chi connectivity index (χ0n) is 15.6. The van der Waals surface area contributed by atoms with E-state index in [0.29, 0.717) is 6.04 Å². The standard InChI is InChI=1S/C19H25BrN4OS.HI/c1-21-19(22-13-14-5-6-17(25-2)16(20)12-14)23-15-7-9-24(10-8-15)18-4-3-11-26-18;/h3-6,11-12,15H,7-10,13H2,1-2H3,(H2,21,22,23);1H. The molecule has 0 saturated carbocycles. The first kappa shape index (κ1) is 22.3. The highest BCUT2D eigenvalue weighted by molar-refractivity contribution is 14.0. The van der Waals surface area contributed by atoms with Gasteiger partial charge in [0.1, 0.15) is 5.75 Å². The fraction of sp³-hybridized carbons (Fsp3) is 0.421. The number of methoxy groups -OCH3 is 1. The second kappa shape index (κ2) is 11.1. The largest absolute Gasteiger partial charge is 0.496 e. The van der Waals surface area contributed by atoms with Gasteiger partial charge < -0.3 is 20.3 Å². The molecule has 0 radical (unpaired) electrons. The number of anilines is 1. The van der Waals surface area contributed by atoms with Gasteiger partial charge in [-0.2, -0.15) is 0 Å². The second-order valence-electron chi connectivity index (χ2n) is 6.25. The number of hydrogen-bond acceptors (Lipinski definition) is 4. The average molecular weight is 565 g/mol. The zero-order valence-corrected chi connectivity index (χ0v) is 20.3. The fourth-order valence-corrected chi connectivity index (χ4v) is 4.46. The molecule has 3 rings (SSSR count). The molecule has 148 valence electrons. The van der Waals surface area contributed by atoms with Crippen LogP contribution in [-0.4, -0.2) is 39.2 Å². The molecular weight excluding hydrogens is 539 g/mol. The van der Waals surface area contributed by atoms with E-state index in [0.717, 1.165) is 48.7 Å². The summed E-state index contributed by atoms with van der Waals surface area (Å²) in [5.41, 5.74) is 1.17. The van der Waals surface area contributed by atoms with Crippen molar-refractivity contribution in [2.45, 2.75) is 25.4 Å². The number of ether oxygens (including phenoxy) is 1. The van der Waals surface area contributed by atoms with E-state index in [1.165, 1.54) is 10.6 Å². The molecule has 1 saturated heterocycles. The monoisotopic (exact) mass is 564 g/mol. The van der Waals surface area contributed by atoms with Crippen molar-refractivity contribution < 1.29 is 4.74 Å². The summed E-state index contributed by atoms with van der Waals surface area (Å²) >= 11 is 5.35. The van der Waals surface area contributed by atoms with Gasteiger partial charge in [0.2, 0.25) is 0 Å². The molecule has 1 fully saturated rings. The van der Waals surface area contributed by atoms with Gasteiger partial charge in [-0.25, -0.2) is 0 Å². The maximum Gasteiger partial charge on any atom is 0.191 e. The molecule has 0 aliphatic carbocycles. The van der Waals surface area contributed by atoms with Gasteiger partial charge in [0.15, 0.2) is 5.96 Å². The van der Waals surface area contributed by atoms with Gasteiger partial charge in [-0.1, -0.05) is 6.07 Å². The highest BCUT2D eigenvalue weighted by atomic mass is 127. The molecule has 5 nitrogen and oxygen atoms in total. The van der Waals surface area contributed by atoms with Crippen molar-refractivity contribution in [2.24, 2.45) is 4.99 Å². The maximum absolute atomic E-state index is 5.28. The van der Waals surface area contributed by atoms with Gasteiger partial charge in [0.05, 0.1) is 16.6 Å². The van der Waals surface area contributed by atoms with Crippen LogP contribution < -0.4 is 20.3 Å². The normalized spacial score (nSPS) is 15.2. The third kappa shape index (κ3) is 6.25. The molecule has 1 aromatic carbocycles. The SMILES string of the molecule is CN=C(NCc1ccc(OC)c(Br)c1)NC1CCN(c2cccs2)CC1.I. The topological polar surface area (TPSA) is 48.9 Å². The minimum atomic E-state index is 0. The molecule has 2 heterocycles. The fourth-order valence-electron chi connectivity index (χ4n) is 3.09. The Morgan fingerprint density at radius 2 is 2.11 bits per heavy atom. The Kier molecular flexibility index (Phi) is 9.17. The molecule has 0 amide bonds. The van der Waals surface area contributed by atoms with Crippen LogP contribution in [0.5, 0.6) is 5.75 Å². The summed E-state index contributed by atoms with van der Waals surface area (Å²) in [5, 5.41) is 10.5. The molecule has 0 bridgehead atoms. The van der Waals surface area contributed by atoms with E-state index in [9.17, 15) is 0 Å². The Morgan fingerprint density at radius 3 is 2.70 bits per heavy atom. The lowest BCUT2D eigenvalue weighted by Crippen LogP contribution is -2.48. The third-order valence-electron chi connectivity index (χ3n) is 4.55. The van der Waals surface area contributed by atoms with E-state index in [1.807, 2.05) is 24.5 Å². The summed E-state index contributed by atoms with van der Waals surface area (Å²) in [7, 11) is 3.49. The van der Waals surface area contributed by atoms with Crippen LogP contribution in [-0.2, 0) is 6.54 Å². The number of hydrogen-bond donors (Lipinski definition) is 2. The summed E-state index contributed by atoms with van der Waals surface area (Å²) in [6.07, 6.45) is 2.24. The minimum Gasteiger partial charge on any atom is -0.496 e. The number of piperidine rings is 1. The van der Waals surface area contributed by atoms with Crippen LogP contribution in [0.25, 0.3) is 0 Å². The summed E-state index contributed by atoms with van der Waals surface area (Å²) in [4.78, 5) is 6.83. The highest BCUT2D eigenvalue weighted by Gasteiger charge is 2.20. The van der Waals surface area contributed by atoms with Crippen LogP contribution in [0.15, 0.2) is 45.2 Å².